The number of nitrogens with zero attached hydrogens (tertiary/aromatic N) is 1. The number of aliphatic imine (C=N–C) groups is 1. The van der Waals surface area contributed by atoms with Gasteiger partial charge in [-0.25, -0.2) is 4.79 Å². The lowest BCUT2D eigenvalue weighted by Crippen LogP contribution is -2.21. The maximum Gasteiger partial charge on any atom is 0.331 e. The number of fused-ring (bicyclic) bond motifs is 1. The summed E-state index contributed by atoms with van der Waals surface area (Å²) in [5, 5.41) is 3.32. The minimum Gasteiger partial charge on any atom is -0.464 e. The first kappa shape index (κ1) is 13.2. The maximum absolute atomic E-state index is 11.7. The number of benzene rings is 2. The molecule has 0 spiro atoms. The van der Waals surface area contributed by atoms with Crippen molar-refractivity contribution in [3.05, 3.63) is 48.0 Å². The number of rotatable bonds is 3. The average Bonchev–Trinajstić information content (AvgIpc) is 2.97. The molecule has 2 aromatic carbocycles. The highest BCUT2D eigenvalue weighted by molar-refractivity contribution is 8.14. The molecule has 0 aromatic heterocycles. The van der Waals surface area contributed by atoms with E-state index in [0.717, 1.165) is 10.6 Å². The minimum atomic E-state index is -0.360. The predicted octanol–water partition coefficient (Wildman–Crippen LogP) is 3.26. The third kappa shape index (κ3) is 2.56. The fraction of sp³-hybridized carbons (Fsp3) is 0.250. The summed E-state index contributed by atoms with van der Waals surface area (Å²) in [6.45, 7) is 2.22. The van der Waals surface area contributed by atoms with Crippen molar-refractivity contribution in [2.75, 3.05) is 12.4 Å². The molecule has 3 rings (SSSR count). The van der Waals surface area contributed by atoms with Crippen molar-refractivity contribution < 1.29 is 9.53 Å². The Morgan fingerprint density at radius 3 is 2.90 bits per heavy atom. The van der Waals surface area contributed by atoms with Crippen LogP contribution in [0.3, 0.4) is 0 Å². The van der Waals surface area contributed by atoms with Crippen LogP contribution in [0.1, 0.15) is 12.5 Å². The van der Waals surface area contributed by atoms with Crippen LogP contribution in [-0.2, 0) is 9.53 Å². The van der Waals surface area contributed by atoms with Gasteiger partial charge in [-0.15, -0.1) is 11.8 Å². The lowest BCUT2D eigenvalue weighted by atomic mass is 10.1. The lowest BCUT2D eigenvalue weighted by molar-refractivity contribution is -0.143. The van der Waals surface area contributed by atoms with Crippen molar-refractivity contribution in [3.8, 4) is 0 Å². The quantitative estimate of drug-likeness (QED) is 0.812. The van der Waals surface area contributed by atoms with E-state index >= 15 is 0 Å². The largest absolute Gasteiger partial charge is 0.464 e. The Hall–Kier alpha value is -1.81. The van der Waals surface area contributed by atoms with Crippen molar-refractivity contribution in [1.82, 2.24) is 0 Å². The molecule has 4 heteroatoms. The number of hydrogen-bond acceptors (Lipinski definition) is 4. The van der Waals surface area contributed by atoms with Crippen molar-refractivity contribution in [2.45, 2.75) is 13.0 Å². The van der Waals surface area contributed by atoms with Crippen molar-refractivity contribution in [2.24, 2.45) is 4.99 Å². The first-order valence-electron chi connectivity index (χ1n) is 6.64. The van der Waals surface area contributed by atoms with Crippen LogP contribution >= 0.6 is 11.8 Å². The van der Waals surface area contributed by atoms with Gasteiger partial charge >= 0.3 is 5.97 Å². The second-order valence-electron chi connectivity index (χ2n) is 4.58. The molecular weight excluding hydrogens is 270 g/mol. The van der Waals surface area contributed by atoms with Gasteiger partial charge in [0, 0.05) is 11.3 Å². The molecular formula is C16H15NO2S. The van der Waals surface area contributed by atoms with Crippen LogP contribution in [-0.4, -0.2) is 29.4 Å². The number of carbonyl (C=O) groups is 1. The van der Waals surface area contributed by atoms with Crippen LogP contribution in [0.25, 0.3) is 10.8 Å². The van der Waals surface area contributed by atoms with Crippen LogP contribution in [0.4, 0.5) is 0 Å². The van der Waals surface area contributed by atoms with Gasteiger partial charge in [0.25, 0.3) is 0 Å². The highest BCUT2D eigenvalue weighted by Crippen LogP contribution is 2.26. The van der Waals surface area contributed by atoms with Gasteiger partial charge in [-0.3, -0.25) is 4.99 Å². The number of hydrogen-bond donors (Lipinski definition) is 0. The molecule has 102 valence electrons. The van der Waals surface area contributed by atoms with Crippen LogP contribution in [0, 0.1) is 0 Å². The Balaban J connectivity index is 1.88. The predicted molar refractivity (Wildman–Crippen MR) is 83.4 cm³/mol. The molecule has 0 saturated heterocycles. The first-order valence-corrected chi connectivity index (χ1v) is 7.63. The lowest BCUT2D eigenvalue weighted by Gasteiger charge is -2.04. The fourth-order valence-corrected chi connectivity index (χ4v) is 3.24. The summed E-state index contributed by atoms with van der Waals surface area (Å²) in [5.41, 5.74) is 1.07. The molecule has 0 saturated carbocycles. The summed E-state index contributed by atoms with van der Waals surface area (Å²) in [4.78, 5) is 16.2. The highest BCUT2D eigenvalue weighted by Gasteiger charge is 2.26. The third-order valence-corrected chi connectivity index (χ3v) is 4.30. The topological polar surface area (TPSA) is 38.7 Å². The van der Waals surface area contributed by atoms with Crippen molar-refractivity contribution in [3.63, 3.8) is 0 Å². The fourth-order valence-electron chi connectivity index (χ4n) is 2.21. The minimum absolute atomic E-state index is 0.226. The smallest absolute Gasteiger partial charge is 0.331 e. The number of thioether (sulfide) groups is 1. The van der Waals surface area contributed by atoms with E-state index < -0.39 is 0 Å². The Bertz CT molecular complexity index is 681. The van der Waals surface area contributed by atoms with Crippen LogP contribution in [0.2, 0.25) is 0 Å². The molecule has 0 N–H and O–H groups in total. The molecule has 1 atom stereocenters. The zero-order valence-electron chi connectivity index (χ0n) is 11.2. The summed E-state index contributed by atoms with van der Waals surface area (Å²) >= 11 is 1.62. The Morgan fingerprint density at radius 2 is 2.10 bits per heavy atom. The van der Waals surface area contributed by atoms with Crippen molar-refractivity contribution in [1.29, 1.82) is 0 Å². The highest BCUT2D eigenvalue weighted by atomic mass is 32.2. The van der Waals surface area contributed by atoms with Gasteiger partial charge < -0.3 is 4.74 Å². The zero-order valence-corrected chi connectivity index (χ0v) is 12.0. The molecule has 3 nitrogen and oxygen atoms in total. The summed E-state index contributed by atoms with van der Waals surface area (Å²) in [6.07, 6.45) is 0. The van der Waals surface area contributed by atoms with E-state index in [1.165, 1.54) is 10.8 Å². The molecule has 0 unspecified atom stereocenters. The van der Waals surface area contributed by atoms with Crippen molar-refractivity contribution >= 4 is 33.5 Å². The number of carbonyl (C=O) groups excluding carboxylic acids is 1. The average molecular weight is 285 g/mol. The monoisotopic (exact) mass is 285 g/mol. The second kappa shape index (κ2) is 5.67. The van der Waals surface area contributed by atoms with Gasteiger partial charge in [0.2, 0.25) is 0 Å². The van der Waals surface area contributed by atoms with E-state index in [-0.39, 0.29) is 12.0 Å². The molecule has 0 amide bonds. The Labute approximate surface area is 122 Å². The van der Waals surface area contributed by atoms with E-state index in [9.17, 15) is 4.79 Å². The molecule has 0 fully saturated rings. The van der Waals surface area contributed by atoms with Gasteiger partial charge in [-0.1, -0.05) is 36.4 Å². The maximum atomic E-state index is 11.7. The third-order valence-electron chi connectivity index (χ3n) is 3.21. The molecule has 1 aliphatic heterocycles. The van der Waals surface area contributed by atoms with E-state index in [2.05, 4.69) is 35.3 Å². The van der Waals surface area contributed by atoms with E-state index in [1.807, 2.05) is 19.1 Å². The normalized spacial score (nSPS) is 18.1. The molecule has 0 bridgehead atoms. The molecule has 0 radical (unpaired) electrons. The van der Waals surface area contributed by atoms with Crippen LogP contribution in [0.15, 0.2) is 47.5 Å². The molecule has 1 aliphatic rings. The molecule has 0 aliphatic carbocycles. The number of ether oxygens (including phenoxy) is 1. The van der Waals surface area contributed by atoms with E-state index in [4.69, 9.17) is 4.74 Å². The second-order valence-corrected chi connectivity index (χ2v) is 5.58. The zero-order chi connectivity index (χ0) is 13.9. The van der Waals surface area contributed by atoms with Crippen LogP contribution in [0.5, 0.6) is 0 Å². The summed E-state index contributed by atoms with van der Waals surface area (Å²) in [5.74, 6) is 0.442. The Kier molecular flexibility index (Phi) is 3.74. The SMILES string of the molecule is CCOC(=O)[C@@H]1CSC(c2ccc3ccccc3c2)=N1. The number of esters is 1. The van der Waals surface area contributed by atoms with Gasteiger partial charge in [0.15, 0.2) is 6.04 Å². The van der Waals surface area contributed by atoms with Gasteiger partial charge in [-0.05, 0) is 23.8 Å². The van der Waals surface area contributed by atoms with Gasteiger partial charge in [0.05, 0.1) is 11.7 Å². The van der Waals surface area contributed by atoms with Crippen LogP contribution < -0.4 is 0 Å². The molecule has 2 aromatic rings. The molecule has 1 heterocycles. The molecule has 20 heavy (non-hydrogen) atoms. The van der Waals surface area contributed by atoms with Gasteiger partial charge in [0.1, 0.15) is 0 Å². The first-order chi connectivity index (χ1) is 9.78. The van der Waals surface area contributed by atoms with E-state index in [0.29, 0.717) is 12.4 Å². The summed E-state index contributed by atoms with van der Waals surface area (Å²) in [6, 6.07) is 14.1. The van der Waals surface area contributed by atoms with E-state index in [1.54, 1.807) is 11.8 Å². The summed E-state index contributed by atoms with van der Waals surface area (Å²) < 4.78 is 5.02. The standard InChI is InChI=1S/C16H15NO2S/c1-2-19-16(18)14-10-20-15(17-14)13-8-7-11-5-3-4-6-12(11)9-13/h3-9,14H,2,10H2,1H3/t14-/m0/s1. The Morgan fingerprint density at radius 1 is 1.30 bits per heavy atom. The van der Waals surface area contributed by atoms with Gasteiger partial charge in [-0.2, -0.15) is 0 Å². The summed E-state index contributed by atoms with van der Waals surface area (Å²) in [7, 11) is 0.